The van der Waals surface area contributed by atoms with Gasteiger partial charge in [0.2, 0.25) is 0 Å². The van der Waals surface area contributed by atoms with Gasteiger partial charge in [0.1, 0.15) is 5.54 Å². The van der Waals surface area contributed by atoms with Gasteiger partial charge in [-0.05, 0) is 22.8 Å². The zero-order valence-corrected chi connectivity index (χ0v) is 13.4. The van der Waals surface area contributed by atoms with E-state index in [1.165, 1.54) is 5.56 Å². The molecular weight excluding hydrogens is 300 g/mol. The van der Waals surface area contributed by atoms with Crippen molar-refractivity contribution in [2.45, 2.75) is 17.9 Å². The quantitative estimate of drug-likeness (QED) is 0.811. The second-order valence-corrected chi connectivity index (χ2v) is 7.04. The molecule has 0 spiro atoms. The first-order valence-electron chi connectivity index (χ1n) is 8.56. The van der Waals surface area contributed by atoms with Crippen LogP contribution in [-0.4, -0.2) is 42.5 Å². The first-order valence-corrected chi connectivity index (χ1v) is 8.56. The second kappa shape index (κ2) is 4.89. The number of nitriles is 1. The minimum absolute atomic E-state index is 0.0216. The Bertz CT molecular complexity index is 889. The maximum atomic E-state index is 13.0. The number of carbonyl (C=O) groups excluding carboxylic acids is 1. The molecule has 0 N–H and O–H groups in total. The summed E-state index contributed by atoms with van der Waals surface area (Å²) in [4.78, 5) is 15.2. The molecule has 24 heavy (non-hydrogen) atoms. The monoisotopic (exact) mass is 318 g/mol. The van der Waals surface area contributed by atoms with Crippen molar-refractivity contribution in [3.8, 4) is 6.07 Å². The molecule has 2 aliphatic carbocycles. The van der Waals surface area contributed by atoms with Gasteiger partial charge in [0.25, 0.3) is 0 Å². The van der Waals surface area contributed by atoms with Crippen LogP contribution < -0.4 is 0 Å². The summed E-state index contributed by atoms with van der Waals surface area (Å²) in [5, 5.41) is 12.2. The number of nitrogens with zero attached hydrogens (tertiary/aromatic N) is 2. The van der Waals surface area contributed by atoms with Crippen LogP contribution in [-0.2, 0) is 4.74 Å². The Morgan fingerprint density at radius 1 is 1.17 bits per heavy atom. The third-order valence-electron chi connectivity index (χ3n) is 6.09. The van der Waals surface area contributed by atoms with E-state index in [9.17, 15) is 10.1 Å². The topological polar surface area (TPSA) is 53.3 Å². The van der Waals surface area contributed by atoms with E-state index in [1.54, 1.807) is 0 Å². The Kier molecular flexibility index (Phi) is 2.88. The van der Waals surface area contributed by atoms with Gasteiger partial charge in [-0.1, -0.05) is 36.4 Å². The molecule has 0 aromatic heterocycles. The standard InChI is InChI=1S/C20H18N2O2/c21-12-20(22-7-9-24-10-8-22)11-16-18(20)14-5-1-3-13-4-2-6-15(17(13)14)19(16)23/h1-6,16,18H,7-11H2/t16-,18-,20+/m0/s1. The zero-order valence-electron chi connectivity index (χ0n) is 13.4. The van der Waals surface area contributed by atoms with Crippen molar-refractivity contribution in [2.75, 3.05) is 26.3 Å². The normalized spacial score (nSPS) is 32.0. The Morgan fingerprint density at radius 3 is 2.67 bits per heavy atom. The van der Waals surface area contributed by atoms with E-state index in [4.69, 9.17) is 4.74 Å². The van der Waals surface area contributed by atoms with Gasteiger partial charge in [-0.15, -0.1) is 0 Å². The highest BCUT2D eigenvalue weighted by atomic mass is 16.5. The maximum absolute atomic E-state index is 13.0. The van der Waals surface area contributed by atoms with E-state index in [0.717, 1.165) is 29.4 Å². The van der Waals surface area contributed by atoms with Crippen LogP contribution >= 0.6 is 0 Å². The molecule has 2 aromatic carbocycles. The number of Topliss-reactive ketones (excluding diaryl/α,β-unsaturated/α-hetero) is 1. The second-order valence-electron chi connectivity index (χ2n) is 7.04. The fourth-order valence-electron chi connectivity index (χ4n) is 4.98. The average Bonchev–Trinajstić information content (AvgIpc) is 2.61. The van der Waals surface area contributed by atoms with Crippen molar-refractivity contribution in [1.29, 1.82) is 5.26 Å². The van der Waals surface area contributed by atoms with Crippen LogP contribution in [0.25, 0.3) is 10.8 Å². The number of rotatable bonds is 1. The molecule has 0 radical (unpaired) electrons. The van der Waals surface area contributed by atoms with Gasteiger partial charge in [-0.25, -0.2) is 0 Å². The van der Waals surface area contributed by atoms with E-state index >= 15 is 0 Å². The summed E-state index contributed by atoms with van der Waals surface area (Å²) in [5.74, 6) is 0.128. The lowest BCUT2D eigenvalue weighted by atomic mass is 9.51. The third-order valence-corrected chi connectivity index (χ3v) is 6.09. The van der Waals surface area contributed by atoms with Gasteiger partial charge in [0.15, 0.2) is 5.78 Å². The van der Waals surface area contributed by atoms with E-state index in [2.05, 4.69) is 29.2 Å². The summed E-state index contributed by atoms with van der Waals surface area (Å²) in [6.45, 7) is 2.86. The number of hydrogen-bond donors (Lipinski definition) is 0. The highest BCUT2D eigenvalue weighted by molar-refractivity contribution is 6.13. The molecule has 4 nitrogen and oxygen atoms in total. The van der Waals surface area contributed by atoms with Gasteiger partial charge < -0.3 is 4.74 Å². The predicted octanol–water partition coefficient (Wildman–Crippen LogP) is 2.73. The van der Waals surface area contributed by atoms with Crippen LogP contribution in [0.2, 0.25) is 0 Å². The summed E-state index contributed by atoms with van der Waals surface area (Å²) >= 11 is 0. The van der Waals surface area contributed by atoms with Crippen LogP contribution in [0.4, 0.5) is 0 Å². The molecule has 1 saturated carbocycles. The number of benzene rings is 2. The van der Waals surface area contributed by atoms with Crippen molar-refractivity contribution in [1.82, 2.24) is 4.90 Å². The molecule has 1 aliphatic heterocycles. The minimum Gasteiger partial charge on any atom is -0.379 e. The van der Waals surface area contributed by atoms with Crippen LogP contribution in [0.1, 0.15) is 28.3 Å². The van der Waals surface area contributed by atoms with Crippen molar-refractivity contribution in [2.24, 2.45) is 5.92 Å². The molecule has 0 unspecified atom stereocenters. The first-order chi connectivity index (χ1) is 11.8. The number of ketones is 1. The number of fused-ring (bicyclic) bond motifs is 2. The van der Waals surface area contributed by atoms with Crippen molar-refractivity contribution >= 4 is 16.6 Å². The van der Waals surface area contributed by atoms with Crippen LogP contribution in [0.3, 0.4) is 0 Å². The van der Waals surface area contributed by atoms with Gasteiger partial charge >= 0.3 is 0 Å². The molecule has 1 saturated heterocycles. The largest absolute Gasteiger partial charge is 0.379 e. The maximum Gasteiger partial charge on any atom is 0.167 e. The molecule has 2 fully saturated rings. The van der Waals surface area contributed by atoms with Crippen LogP contribution in [0, 0.1) is 17.2 Å². The molecule has 0 amide bonds. The Morgan fingerprint density at radius 2 is 1.92 bits per heavy atom. The third kappa shape index (κ3) is 1.61. The highest BCUT2D eigenvalue weighted by Crippen LogP contribution is 2.58. The van der Waals surface area contributed by atoms with Gasteiger partial charge in [-0.2, -0.15) is 5.26 Å². The predicted molar refractivity (Wildman–Crippen MR) is 89.9 cm³/mol. The van der Waals surface area contributed by atoms with Gasteiger partial charge in [0, 0.05) is 30.5 Å². The van der Waals surface area contributed by atoms with Crippen molar-refractivity contribution < 1.29 is 9.53 Å². The molecule has 0 bridgehead atoms. The molecule has 3 atom stereocenters. The number of hydrogen-bond acceptors (Lipinski definition) is 4. The molecule has 120 valence electrons. The van der Waals surface area contributed by atoms with Crippen LogP contribution in [0.5, 0.6) is 0 Å². The lowest BCUT2D eigenvalue weighted by Gasteiger charge is -2.58. The van der Waals surface area contributed by atoms with E-state index < -0.39 is 5.54 Å². The van der Waals surface area contributed by atoms with E-state index in [0.29, 0.717) is 19.6 Å². The Balaban J connectivity index is 1.71. The fraction of sp³-hybridized carbons (Fsp3) is 0.400. The summed E-state index contributed by atoms with van der Waals surface area (Å²) in [6, 6.07) is 14.8. The SMILES string of the molecule is N#C[C@]1(N2CCOCC2)C[C@@H]2C(=O)c3cccc4cccc(c34)[C@@H]21. The molecule has 5 rings (SSSR count). The molecule has 3 aliphatic rings. The summed E-state index contributed by atoms with van der Waals surface area (Å²) < 4.78 is 5.46. The fourth-order valence-corrected chi connectivity index (χ4v) is 4.98. The van der Waals surface area contributed by atoms with Crippen molar-refractivity contribution in [3.05, 3.63) is 47.5 Å². The van der Waals surface area contributed by atoms with Gasteiger partial charge in [0.05, 0.1) is 19.3 Å². The number of ether oxygens (including phenoxy) is 1. The summed E-state index contributed by atoms with van der Waals surface area (Å²) in [7, 11) is 0. The first kappa shape index (κ1) is 14.2. The Hall–Kier alpha value is -2.22. The molecule has 2 aromatic rings. The van der Waals surface area contributed by atoms with E-state index in [1.807, 2.05) is 18.2 Å². The highest BCUT2D eigenvalue weighted by Gasteiger charge is 2.62. The van der Waals surface area contributed by atoms with Gasteiger partial charge in [-0.3, -0.25) is 9.69 Å². The average molecular weight is 318 g/mol. The Labute approximate surface area is 140 Å². The van der Waals surface area contributed by atoms with Crippen LogP contribution in [0.15, 0.2) is 36.4 Å². The molecule has 4 heteroatoms. The number of morpholine rings is 1. The molecule has 1 heterocycles. The number of carbonyl (C=O) groups is 1. The molecular formula is C20H18N2O2. The van der Waals surface area contributed by atoms with E-state index in [-0.39, 0.29) is 17.6 Å². The summed E-state index contributed by atoms with van der Waals surface area (Å²) in [5.41, 5.74) is 1.44. The smallest absolute Gasteiger partial charge is 0.167 e. The lowest BCUT2D eigenvalue weighted by Crippen LogP contribution is -2.66. The minimum atomic E-state index is -0.564. The lowest BCUT2D eigenvalue weighted by molar-refractivity contribution is -0.0591. The zero-order chi connectivity index (χ0) is 16.3. The van der Waals surface area contributed by atoms with Crippen molar-refractivity contribution in [3.63, 3.8) is 0 Å². The summed E-state index contributed by atoms with van der Waals surface area (Å²) in [6.07, 6.45) is 0.637.